The van der Waals surface area contributed by atoms with Gasteiger partial charge in [0.2, 0.25) is 5.91 Å². The van der Waals surface area contributed by atoms with Crippen LogP contribution >= 0.6 is 22.7 Å². The van der Waals surface area contributed by atoms with Crippen LogP contribution in [-0.4, -0.2) is 33.6 Å². The smallest absolute Gasteiger partial charge is 0.228 e. The van der Waals surface area contributed by atoms with Gasteiger partial charge in [-0.3, -0.25) is 4.79 Å². The number of anilines is 3. The van der Waals surface area contributed by atoms with Crippen molar-refractivity contribution in [3.8, 4) is 10.6 Å². The summed E-state index contributed by atoms with van der Waals surface area (Å²) in [5.74, 6) is 0.725. The number of amides is 1. The standard InChI is InChI=1S/C23H23N5O2S2/c1-14-20(32-23(25-14)27-19(29)12-16-7-4-5-11-30-16)18-13-31-22(26-18)28-21-17-8-3-2-6-15(17)9-10-24-21/h2-3,6,8-10,13,16H,4-5,7,11-12H2,1H3,(H,24,26,28)(H,25,27,29)/t16-/m1/s1. The molecule has 3 aromatic heterocycles. The van der Waals surface area contributed by atoms with E-state index in [1.807, 2.05) is 36.6 Å². The first-order valence-corrected chi connectivity index (χ1v) is 12.3. The molecule has 4 aromatic rings. The molecule has 5 rings (SSSR count). The zero-order valence-corrected chi connectivity index (χ0v) is 19.3. The Balaban J connectivity index is 1.29. The molecule has 1 amide bonds. The van der Waals surface area contributed by atoms with Crippen molar-refractivity contribution >= 4 is 55.4 Å². The summed E-state index contributed by atoms with van der Waals surface area (Å²) in [5.41, 5.74) is 1.68. The van der Waals surface area contributed by atoms with Crippen LogP contribution in [0.1, 0.15) is 31.4 Å². The second-order valence-electron chi connectivity index (χ2n) is 7.72. The molecule has 1 fully saturated rings. The highest BCUT2D eigenvalue weighted by atomic mass is 32.1. The third-order valence-corrected chi connectivity index (χ3v) is 7.22. The third-order valence-electron chi connectivity index (χ3n) is 5.37. The Kier molecular flexibility index (Phi) is 6.11. The fourth-order valence-corrected chi connectivity index (χ4v) is 5.51. The Hall–Kier alpha value is -2.88. The van der Waals surface area contributed by atoms with E-state index in [-0.39, 0.29) is 12.0 Å². The van der Waals surface area contributed by atoms with Crippen LogP contribution in [-0.2, 0) is 9.53 Å². The van der Waals surface area contributed by atoms with Gasteiger partial charge in [0, 0.05) is 23.6 Å². The number of benzene rings is 1. The van der Waals surface area contributed by atoms with Gasteiger partial charge in [0.25, 0.3) is 0 Å². The number of thiazole rings is 2. The molecule has 1 aliphatic rings. The lowest BCUT2D eigenvalue weighted by molar-refractivity contribution is -0.119. The van der Waals surface area contributed by atoms with Crippen LogP contribution < -0.4 is 10.6 Å². The molecule has 0 unspecified atom stereocenters. The van der Waals surface area contributed by atoms with Crippen molar-refractivity contribution in [2.75, 3.05) is 17.2 Å². The SMILES string of the molecule is Cc1nc(NC(=O)C[C@H]2CCCCO2)sc1-c1csc(Nc2nccc3ccccc23)n1. The number of rotatable bonds is 6. The van der Waals surface area contributed by atoms with Crippen molar-refractivity contribution in [1.29, 1.82) is 0 Å². The highest BCUT2D eigenvalue weighted by molar-refractivity contribution is 7.20. The minimum absolute atomic E-state index is 0.0131. The lowest BCUT2D eigenvalue weighted by Crippen LogP contribution is -2.25. The molecular formula is C23H23N5O2S2. The van der Waals surface area contributed by atoms with Crippen LogP contribution in [0.15, 0.2) is 41.9 Å². The first-order valence-electron chi connectivity index (χ1n) is 10.6. The molecule has 0 saturated carbocycles. The average molecular weight is 466 g/mol. The predicted molar refractivity (Wildman–Crippen MR) is 130 cm³/mol. The van der Waals surface area contributed by atoms with Gasteiger partial charge in [-0.1, -0.05) is 35.6 Å². The summed E-state index contributed by atoms with van der Waals surface area (Å²) in [7, 11) is 0. The number of fused-ring (bicyclic) bond motifs is 1. The second kappa shape index (κ2) is 9.32. The van der Waals surface area contributed by atoms with Gasteiger partial charge in [0.15, 0.2) is 10.3 Å². The zero-order chi connectivity index (χ0) is 21.9. The van der Waals surface area contributed by atoms with Crippen molar-refractivity contribution in [2.45, 2.75) is 38.7 Å². The Morgan fingerprint density at radius 2 is 2.09 bits per heavy atom. The van der Waals surface area contributed by atoms with E-state index >= 15 is 0 Å². The summed E-state index contributed by atoms with van der Waals surface area (Å²) in [6, 6.07) is 10.1. The lowest BCUT2D eigenvalue weighted by atomic mass is 10.1. The lowest BCUT2D eigenvalue weighted by Gasteiger charge is -2.21. The van der Waals surface area contributed by atoms with Gasteiger partial charge in [-0.05, 0) is 37.6 Å². The minimum atomic E-state index is -0.0557. The van der Waals surface area contributed by atoms with Gasteiger partial charge in [-0.25, -0.2) is 15.0 Å². The molecule has 0 bridgehead atoms. The molecule has 0 aliphatic carbocycles. The topological polar surface area (TPSA) is 89.0 Å². The van der Waals surface area contributed by atoms with Crippen LogP contribution in [0.5, 0.6) is 0 Å². The highest BCUT2D eigenvalue weighted by Gasteiger charge is 2.20. The Morgan fingerprint density at radius 3 is 2.97 bits per heavy atom. The summed E-state index contributed by atoms with van der Waals surface area (Å²) in [5, 5.41) is 11.8. The molecule has 1 atom stereocenters. The van der Waals surface area contributed by atoms with Gasteiger partial charge < -0.3 is 15.4 Å². The average Bonchev–Trinajstić information content (AvgIpc) is 3.40. The molecule has 32 heavy (non-hydrogen) atoms. The van der Waals surface area contributed by atoms with Crippen LogP contribution in [0, 0.1) is 6.92 Å². The van der Waals surface area contributed by atoms with Gasteiger partial charge in [0.1, 0.15) is 5.82 Å². The third kappa shape index (κ3) is 4.64. The largest absolute Gasteiger partial charge is 0.378 e. The maximum absolute atomic E-state index is 12.4. The van der Waals surface area contributed by atoms with Crippen molar-refractivity contribution < 1.29 is 9.53 Å². The molecule has 7 nitrogen and oxygen atoms in total. The molecule has 1 aliphatic heterocycles. The van der Waals surface area contributed by atoms with E-state index in [0.29, 0.717) is 11.6 Å². The number of nitrogens with one attached hydrogen (secondary N) is 2. The molecule has 2 N–H and O–H groups in total. The first kappa shape index (κ1) is 21.0. The number of nitrogens with zero attached hydrogens (tertiary/aromatic N) is 3. The van der Waals surface area contributed by atoms with Crippen LogP contribution in [0.4, 0.5) is 16.1 Å². The van der Waals surface area contributed by atoms with Crippen LogP contribution in [0.3, 0.4) is 0 Å². The van der Waals surface area contributed by atoms with E-state index in [0.717, 1.165) is 63.9 Å². The number of aryl methyl sites for hydroxylation is 1. The molecule has 4 heterocycles. The normalized spacial score (nSPS) is 16.2. The number of ether oxygens (including phenoxy) is 1. The monoisotopic (exact) mass is 465 g/mol. The second-order valence-corrected chi connectivity index (χ2v) is 9.58. The Morgan fingerprint density at radius 1 is 1.19 bits per heavy atom. The van der Waals surface area contributed by atoms with E-state index in [1.54, 1.807) is 6.20 Å². The molecule has 0 spiro atoms. The number of pyridine rings is 1. The van der Waals surface area contributed by atoms with E-state index in [2.05, 4.69) is 26.7 Å². The maximum Gasteiger partial charge on any atom is 0.228 e. The summed E-state index contributed by atoms with van der Waals surface area (Å²) >= 11 is 2.96. The van der Waals surface area contributed by atoms with Gasteiger partial charge in [-0.15, -0.1) is 11.3 Å². The summed E-state index contributed by atoms with van der Waals surface area (Å²) in [4.78, 5) is 27.1. The van der Waals surface area contributed by atoms with Gasteiger partial charge in [0.05, 0.1) is 28.8 Å². The predicted octanol–water partition coefficient (Wildman–Crippen LogP) is 5.76. The van der Waals surface area contributed by atoms with E-state index in [4.69, 9.17) is 9.72 Å². The number of aromatic nitrogens is 3. The fourth-order valence-electron chi connectivity index (χ4n) is 3.79. The maximum atomic E-state index is 12.4. The molecular weight excluding hydrogens is 442 g/mol. The Labute approximate surface area is 193 Å². The first-order chi connectivity index (χ1) is 15.7. The molecule has 164 valence electrons. The van der Waals surface area contributed by atoms with E-state index < -0.39 is 0 Å². The fraction of sp³-hybridized carbons (Fsp3) is 0.304. The molecule has 9 heteroatoms. The van der Waals surface area contributed by atoms with Crippen LogP contribution in [0.25, 0.3) is 21.3 Å². The van der Waals surface area contributed by atoms with E-state index in [1.165, 1.54) is 22.7 Å². The quantitative estimate of drug-likeness (QED) is 0.376. The summed E-state index contributed by atoms with van der Waals surface area (Å²) < 4.78 is 5.66. The number of carbonyl (C=O) groups is 1. The number of hydrogen-bond donors (Lipinski definition) is 2. The van der Waals surface area contributed by atoms with Crippen molar-refractivity contribution in [1.82, 2.24) is 15.0 Å². The highest BCUT2D eigenvalue weighted by Crippen LogP contribution is 2.35. The van der Waals surface area contributed by atoms with Gasteiger partial charge in [-0.2, -0.15) is 0 Å². The number of hydrogen-bond acceptors (Lipinski definition) is 8. The minimum Gasteiger partial charge on any atom is -0.378 e. The molecule has 1 aromatic carbocycles. The van der Waals surface area contributed by atoms with Gasteiger partial charge >= 0.3 is 0 Å². The Bertz CT molecular complexity index is 1240. The van der Waals surface area contributed by atoms with Crippen molar-refractivity contribution in [2.24, 2.45) is 0 Å². The van der Waals surface area contributed by atoms with Crippen molar-refractivity contribution in [3.05, 3.63) is 47.6 Å². The van der Waals surface area contributed by atoms with Crippen LogP contribution in [0.2, 0.25) is 0 Å². The summed E-state index contributed by atoms with van der Waals surface area (Å²) in [6.45, 7) is 2.68. The van der Waals surface area contributed by atoms with Crippen molar-refractivity contribution in [3.63, 3.8) is 0 Å². The van der Waals surface area contributed by atoms with E-state index in [9.17, 15) is 4.79 Å². The number of carbonyl (C=O) groups excluding carboxylic acids is 1. The zero-order valence-electron chi connectivity index (χ0n) is 17.6. The summed E-state index contributed by atoms with van der Waals surface area (Å²) in [6.07, 6.45) is 5.31. The molecule has 0 radical (unpaired) electrons. The molecule has 1 saturated heterocycles.